The van der Waals surface area contributed by atoms with Crippen molar-refractivity contribution in [3.8, 4) is 17.2 Å². The second kappa shape index (κ2) is 12.7. The number of nitrogens with zero attached hydrogens (tertiary/aromatic N) is 3. The number of nitrogens with one attached hydrogen (secondary N) is 1. The van der Waals surface area contributed by atoms with Crippen LogP contribution in [0.25, 0.3) is 5.69 Å². The number of aryl methyl sites for hydroxylation is 2. The van der Waals surface area contributed by atoms with E-state index in [1.54, 1.807) is 48.5 Å². The summed E-state index contributed by atoms with van der Waals surface area (Å²) in [5.74, 6) is 1.25. The number of rotatable bonds is 11. The van der Waals surface area contributed by atoms with Crippen LogP contribution in [0.2, 0.25) is 0 Å². The van der Waals surface area contributed by atoms with Crippen LogP contribution in [0.1, 0.15) is 38.8 Å². The van der Waals surface area contributed by atoms with Gasteiger partial charge in [-0.15, -0.1) is 0 Å². The number of carbonyl (C=O) groups is 1. The Bertz CT molecular complexity index is 1720. The highest BCUT2D eigenvalue weighted by molar-refractivity contribution is 5.92. The van der Waals surface area contributed by atoms with Crippen molar-refractivity contribution in [3.05, 3.63) is 141 Å². The summed E-state index contributed by atoms with van der Waals surface area (Å²) >= 11 is 0. The first kappa shape index (κ1) is 27.9. The maximum atomic E-state index is 12.6. The van der Waals surface area contributed by atoms with Gasteiger partial charge in [-0.25, -0.2) is 5.43 Å². The van der Waals surface area contributed by atoms with Gasteiger partial charge in [0.2, 0.25) is 0 Å². The van der Waals surface area contributed by atoms with Crippen LogP contribution in [0.15, 0.2) is 107 Å². The monoisotopic (exact) mass is 564 g/mol. The molecule has 2 heterocycles. The lowest BCUT2D eigenvalue weighted by atomic mass is 10.2. The van der Waals surface area contributed by atoms with Gasteiger partial charge in [-0.05, 0) is 80.1 Å². The van der Waals surface area contributed by atoms with Crippen LogP contribution >= 0.6 is 0 Å². The summed E-state index contributed by atoms with van der Waals surface area (Å²) in [6, 6.07) is 28.5. The molecule has 0 atom stereocenters. The lowest BCUT2D eigenvalue weighted by Gasteiger charge is -2.10. The smallest absolute Gasteiger partial charge is 0.307 e. The van der Waals surface area contributed by atoms with Gasteiger partial charge in [-0.3, -0.25) is 14.9 Å². The van der Waals surface area contributed by atoms with E-state index >= 15 is 0 Å². The number of furan rings is 1. The lowest BCUT2D eigenvalue weighted by Crippen LogP contribution is -2.16. The van der Waals surface area contributed by atoms with Crippen molar-refractivity contribution < 1.29 is 23.6 Å². The zero-order valence-electron chi connectivity index (χ0n) is 23.0. The van der Waals surface area contributed by atoms with Gasteiger partial charge in [0.15, 0.2) is 5.76 Å². The van der Waals surface area contributed by atoms with Gasteiger partial charge in [0.05, 0.1) is 11.1 Å². The molecule has 0 saturated heterocycles. The summed E-state index contributed by atoms with van der Waals surface area (Å²) in [4.78, 5) is 23.1. The van der Waals surface area contributed by atoms with E-state index in [9.17, 15) is 14.9 Å². The fourth-order valence-corrected chi connectivity index (χ4v) is 4.35. The minimum absolute atomic E-state index is 0.00580. The molecule has 0 aliphatic rings. The first-order chi connectivity index (χ1) is 20.4. The number of hydrogen-bond donors (Lipinski definition) is 1. The maximum Gasteiger partial charge on any atom is 0.307 e. The average Bonchev–Trinajstić information content (AvgIpc) is 3.62. The van der Waals surface area contributed by atoms with E-state index in [1.165, 1.54) is 18.3 Å². The predicted molar refractivity (Wildman–Crippen MR) is 157 cm³/mol. The Morgan fingerprint density at radius 1 is 0.929 bits per heavy atom. The molecule has 0 aliphatic heterocycles. The summed E-state index contributed by atoms with van der Waals surface area (Å²) in [7, 11) is 0. The molecule has 42 heavy (non-hydrogen) atoms. The fourth-order valence-electron chi connectivity index (χ4n) is 4.35. The highest BCUT2D eigenvalue weighted by atomic mass is 16.6. The molecular formula is C32H28N4O6. The minimum atomic E-state index is -0.519. The molecule has 0 fully saturated rings. The summed E-state index contributed by atoms with van der Waals surface area (Å²) in [6.45, 7) is 4.42. The van der Waals surface area contributed by atoms with Crippen molar-refractivity contribution in [1.82, 2.24) is 9.99 Å². The predicted octanol–water partition coefficient (Wildman–Crippen LogP) is 6.52. The average molecular weight is 565 g/mol. The van der Waals surface area contributed by atoms with E-state index < -0.39 is 10.8 Å². The lowest BCUT2D eigenvalue weighted by molar-refractivity contribution is -0.384. The zero-order chi connectivity index (χ0) is 29.5. The van der Waals surface area contributed by atoms with Crippen molar-refractivity contribution in [2.75, 3.05) is 0 Å². The Kier molecular flexibility index (Phi) is 8.43. The van der Waals surface area contributed by atoms with Crippen molar-refractivity contribution in [3.63, 3.8) is 0 Å². The van der Waals surface area contributed by atoms with Crippen LogP contribution < -0.4 is 14.9 Å². The van der Waals surface area contributed by atoms with Gasteiger partial charge in [-0.1, -0.05) is 24.3 Å². The molecule has 0 radical (unpaired) electrons. The number of hydrazone groups is 1. The molecule has 212 valence electrons. The molecule has 0 bridgehead atoms. The molecule has 10 nitrogen and oxygen atoms in total. The van der Waals surface area contributed by atoms with E-state index in [4.69, 9.17) is 13.9 Å². The second-order valence-electron chi connectivity index (χ2n) is 9.45. The highest BCUT2D eigenvalue weighted by Crippen LogP contribution is 2.22. The topological polar surface area (TPSA) is 121 Å². The van der Waals surface area contributed by atoms with Crippen LogP contribution in [0, 0.1) is 24.0 Å². The first-order valence-electron chi connectivity index (χ1n) is 13.1. The maximum absolute atomic E-state index is 12.6. The Morgan fingerprint density at radius 3 is 2.45 bits per heavy atom. The third kappa shape index (κ3) is 6.73. The Balaban J connectivity index is 1.14. The fraction of sp³-hybridized carbons (Fsp3) is 0.125. The molecule has 0 aliphatic carbocycles. The van der Waals surface area contributed by atoms with E-state index in [2.05, 4.69) is 41.1 Å². The number of nitro benzene ring substituents is 1. The molecule has 0 spiro atoms. The van der Waals surface area contributed by atoms with Gasteiger partial charge in [-0.2, -0.15) is 5.10 Å². The number of para-hydroxylation sites is 1. The van der Waals surface area contributed by atoms with Crippen LogP contribution in [0.3, 0.4) is 0 Å². The summed E-state index contributed by atoms with van der Waals surface area (Å²) in [5, 5.41) is 15.0. The molecule has 0 saturated carbocycles. The Labute approximate surface area is 242 Å². The van der Waals surface area contributed by atoms with Gasteiger partial charge in [0.1, 0.15) is 30.5 Å². The number of carbonyl (C=O) groups excluding carboxylic acids is 1. The third-order valence-corrected chi connectivity index (χ3v) is 6.44. The van der Waals surface area contributed by atoms with Gasteiger partial charge in [0.25, 0.3) is 5.69 Å². The number of hydrogen-bond acceptors (Lipinski definition) is 7. The number of nitro groups is 1. The summed E-state index contributed by atoms with van der Waals surface area (Å²) < 4.78 is 19.5. The SMILES string of the molecule is Cc1ccc(C)n1-c1ccc(OCc2ccc(C(=O)N/N=C/c3ccccc3OCc3cccc([N+](=O)[O-])c3)o2)cc1. The van der Waals surface area contributed by atoms with Crippen LogP contribution in [-0.2, 0) is 13.2 Å². The molecule has 2 aromatic heterocycles. The molecule has 10 heteroatoms. The first-order valence-corrected chi connectivity index (χ1v) is 13.1. The number of non-ortho nitro benzene ring substituents is 1. The Hall–Kier alpha value is -5.64. The van der Waals surface area contributed by atoms with Crippen molar-refractivity contribution in [2.45, 2.75) is 27.1 Å². The highest BCUT2D eigenvalue weighted by Gasteiger charge is 2.12. The number of benzene rings is 3. The second-order valence-corrected chi connectivity index (χ2v) is 9.45. The standard InChI is InChI=1S/C32H28N4O6/c1-22-10-11-23(2)35(22)26-12-14-28(15-13-26)40-21-29-16-17-31(42-29)32(37)34-33-19-25-7-3-4-9-30(25)41-20-24-6-5-8-27(18-24)36(38)39/h3-19H,20-21H2,1-2H3,(H,34,37)/b33-19+. The van der Waals surface area contributed by atoms with Crippen molar-refractivity contribution in [1.29, 1.82) is 0 Å². The molecule has 5 aromatic rings. The van der Waals surface area contributed by atoms with Crippen molar-refractivity contribution >= 4 is 17.8 Å². The van der Waals surface area contributed by atoms with Gasteiger partial charge in [0, 0.05) is 34.8 Å². The number of amides is 1. The molecule has 1 N–H and O–H groups in total. The normalized spacial score (nSPS) is 11.0. The largest absolute Gasteiger partial charge is 0.488 e. The van der Waals surface area contributed by atoms with Crippen molar-refractivity contribution in [2.24, 2.45) is 5.10 Å². The quantitative estimate of drug-likeness (QED) is 0.111. The third-order valence-electron chi connectivity index (χ3n) is 6.44. The van der Waals surface area contributed by atoms with Gasteiger partial charge >= 0.3 is 5.91 Å². The van der Waals surface area contributed by atoms with E-state index in [0.717, 1.165) is 17.1 Å². The molecule has 5 rings (SSSR count). The van der Waals surface area contributed by atoms with E-state index in [0.29, 0.717) is 28.4 Å². The summed E-state index contributed by atoms with van der Waals surface area (Å²) in [5.41, 5.74) is 7.07. The zero-order valence-corrected chi connectivity index (χ0v) is 23.0. The summed E-state index contributed by atoms with van der Waals surface area (Å²) in [6.07, 6.45) is 1.45. The molecule has 0 unspecified atom stereocenters. The number of ether oxygens (including phenoxy) is 2. The molecule has 1 amide bonds. The van der Waals surface area contributed by atoms with Crippen LogP contribution in [0.4, 0.5) is 5.69 Å². The van der Waals surface area contributed by atoms with Gasteiger partial charge < -0.3 is 18.5 Å². The van der Waals surface area contributed by atoms with Crippen LogP contribution in [-0.4, -0.2) is 21.6 Å². The molecular weight excluding hydrogens is 536 g/mol. The van der Waals surface area contributed by atoms with Crippen LogP contribution in [0.5, 0.6) is 11.5 Å². The van der Waals surface area contributed by atoms with E-state index in [-0.39, 0.29) is 24.7 Å². The Morgan fingerprint density at radius 2 is 1.69 bits per heavy atom. The minimum Gasteiger partial charge on any atom is -0.488 e. The molecule has 3 aromatic carbocycles. The van der Waals surface area contributed by atoms with E-state index in [1.807, 2.05) is 24.3 Å². The number of aromatic nitrogens is 1.